The Bertz CT molecular complexity index is 585. The molecule has 1 rings (SSSR count). The van der Waals surface area contributed by atoms with Crippen molar-refractivity contribution in [2.24, 2.45) is 0 Å². The summed E-state index contributed by atoms with van der Waals surface area (Å²) in [7, 11) is -3.64. The van der Waals surface area contributed by atoms with Crippen molar-refractivity contribution in [3.05, 3.63) is 23.0 Å². The molecule has 2 N–H and O–H groups in total. The molecule has 0 aliphatic rings. The quantitative estimate of drug-likeness (QED) is 0.822. The number of nitrogens with two attached hydrogens (primary N) is 1. The van der Waals surface area contributed by atoms with Gasteiger partial charge in [-0.25, -0.2) is 12.8 Å². The third kappa shape index (κ3) is 3.12. The van der Waals surface area contributed by atoms with Crippen LogP contribution in [0.2, 0.25) is 0 Å². The fourth-order valence-corrected chi connectivity index (χ4v) is 4.17. The van der Waals surface area contributed by atoms with E-state index in [1.54, 1.807) is 20.8 Å². The van der Waals surface area contributed by atoms with Crippen LogP contribution in [0.25, 0.3) is 0 Å². The van der Waals surface area contributed by atoms with Gasteiger partial charge in [0.15, 0.2) is 0 Å². The largest absolute Gasteiger partial charge is 0.396 e. The lowest BCUT2D eigenvalue weighted by atomic mass is 10.1. The number of unbranched alkanes of at least 4 members (excludes halogenated alkanes) is 1. The highest BCUT2D eigenvalue weighted by Crippen LogP contribution is 2.29. The highest BCUT2D eigenvalue weighted by atomic mass is 32.2. The molecule has 0 unspecified atom stereocenters. The molecule has 1 aromatic rings. The van der Waals surface area contributed by atoms with Crippen molar-refractivity contribution in [2.75, 3.05) is 18.8 Å². The van der Waals surface area contributed by atoms with Crippen molar-refractivity contribution in [1.82, 2.24) is 4.31 Å². The normalized spacial score (nSPS) is 12.1. The molecule has 0 heterocycles. The van der Waals surface area contributed by atoms with Gasteiger partial charge < -0.3 is 5.73 Å². The van der Waals surface area contributed by atoms with Gasteiger partial charge in [0.05, 0.1) is 10.6 Å². The maximum atomic E-state index is 13.6. The van der Waals surface area contributed by atoms with E-state index in [0.717, 1.165) is 12.8 Å². The summed E-state index contributed by atoms with van der Waals surface area (Å²) in [4.78, 5) is 0.134. The molecule has 20 heavy (non-hydrogen) atoms. The molecule has 0 aromatic heterocycles. The monoisotopic (exact) mass is 302 g/mol. The molecule has 114 valence electrons. The Morgan fingerprint density at radius 2 is 1.90 bits per heavy atom. The minimum Gasteiger partial charge on any atom is -0.396 e. The van der Waals surface area contributed by atoms with Crippen molar-refractivity contribution >= 4 is 15.7 Å². The van der Waals surface area contributed by atoms with Crippen molar-refractivity contribution in [3.8, 4) is 0 Å². The second-order valence-electron chi connectivity index (χ2n) is 4.89. The van der Waals surface area contributed by atoms with Crippen LogP contribution in [0.15, 0.2) is 11.0 Å². The van der Waals surface area contributed by atoms with Crippen LogP contribution in [0.1, 0.15) is 37.8 Å². The summed E-state index contributed by atoms with van der Waals surface area (Å²) in [5, 5.41) is 0. The Balaban J connectivity index is 3.38. The molecule has 0 aliphatic carbocycles. The molecule has 1 aromatic carbocycles. The van der Waals surface area contributed by atoms with Gasteiger partial charge in [-0.05, 0) is 37.5 Å². The Hall–Kier alpha value is -1.14. The predicted molar refractivity (Wildman–Crippen MR) is 79.6 cm³/mol. The van der Waals surface area contributed by atoms with E-state index in [1.807, 2.05) is 6.92 Å². The second-order valence-corrected chi connectivity index (χ2v) is 6.77. The standard InChI is InChI=1S/C14H23FN2O2S/c1-5-7-8-17(6-2)20(18,19)14-10(3)9-12(15)13(16)11(14)4/h9H,5-8,16H2,1-4H3. The molecule has 4 nitrogen and oxygen atoms in total. The maximum Gasteiger partial charge on any atom is 0.243 e. The Labute approximate surface area is 120 Å². The molecule has 0 amide bonds. The topological polar surface area (TPSA) is 63.4 Å². The highest BCUT2D eigenvalue weighted by Gasteiger charge is 2.28. The Morgan fingerprint density at radius 3 is 2.40 bits per heavy atom. The zero-order valence-corrected chi connectivity index (χ0v) is 13.3. The van der Waals surface area contributed by atoms with E-state index in [9.17, 15) is 12.8 Å². The average molecular weight is 302 g/mol. The number of anilines is 1. The number of halogens is 1. The molecule has 0 saturated heterocycles. The number of sulfonamides is 1. The van der Waals surface area contributed by atoms with Crippen LogP contribution in [-0.4, -0.2) is 25.8 Å². The molecule has 0 aliphatic heterocycles. The van der Waals surface area contributed by atoms with Gasteiger partial charge in [-0.1, -0.05) is 20.3 Å². The summed E-state index contributed by atoms with van der Waals surface area (Å²) in [5.41, 5.74) is 6.22. The van der Waals surface area contributed by atoms with Gasteiger partial charge in [0.25, 0.3) is 0 Å². The minimum atomic E-state index is -3.64. The van der Waals surface area contributed by atoms with E-state index in [2.05, 4.69) is 0 Å². The Morgan fingerprint density at radius 1 is 1.30 bits per heavy atom. The van der Waals surface area contributed by atoms with Crippen molar-refractivity contribution in [2.45, 2.75) is 45.4 Å². The van der Waals surface area contributed by atoms with E-state index >= 15 is 0 Å². The van der Waals surface area contributed by atoms with E-state index in [0.29, 0.717) is 18.7 Å². The number of nitrogen functional groups attached to an aromatic ring is 1. The van der Waals surface area contributed by atoms with Crippen molar-refractivity contribution in [3.63, 3.8) is 0 Å². The molecule has 6 heteroatoms. The van der Waals surface area contributed by atoms with Gasteiger partial charge in [-0.2, -0.15) is 4.31 Å². The van der Waals surface area contributed by atoms with Crippen LogP contribution in [0, 0.1) is 19.7 Å². The fraction of sp³-hybridized carbons (Fsp3) is 0.571. The van der Waals surface area contributed by atoms with Crippen LogP contribution in [0.4, 0.5) is 10.1 Å². The number of rotatable bonds is 6. The number of benzene rings is 1. The molecular weight excluding hydrogens is 279 g/mol. The molecule has 0 radical (unpaired) electrons. The van der Waals surface area contributed by atoms with E-state index < -0.39 is 15.8 Å². The first-order valence-electron chi connectivity index (χ1n) is 6.82. The number of nitrogens with zero attached hydrogens (tertiary/aromatic N) is 1. The lowest BCUT2D eigenvalue weighted by molar-refractivity contribution is 0.418. The van der Waals surface area contributed by atoms with Crippen LogP contribution < -0.4 is 5.73 Å². The molecule has 0 fully saturated rings. The third-order valence-corrected chi connectivity index (χ3v) is 5.68. The average Bonchev–Trinajstić information content (AvgIpc) is 2.36. The first-order valence-corrected chi connectivity index (χ1v) is 8.26. The van der Waals surface area contributed by atoms with Gasteiger partial charge in [0.1, 0.15) is 5.82 Å². The second kappa shape index (κ2) is 6.54. The van der Waals surface area contributed by atoms with E-state index in [-0.39, 0.29) is 16.1 Å². The van der Waals surface area contributed by atoms with E-state index in [4.69, 9.17) is 5.73 Å². The summed E-state index contributed by atoms with van der Waals surface area (Å²) >= 11 is 0. The van der Waals surface area contributed by atoms with Gasteiger partial charge in [0.2, 0.25) is 10.0 Å². The molecule has 0 bridgehead atoms. The third-order valence-electron chi connectivity index (χ3n) is 3.41. The van der Waals surface area contributed by atoms with Gasteiger partial charge >= 0.3 is 0 Å². The van der Waals surface area contributed by atoms with Crippen molar-refractivity contribution in [1.29, 1.82) is 0 Å². The summed E-state index contributed by atoms with van der Waals surface area (Å²) in [5.74, 6) is -0.574. The first-order chi connectivity index (χ1) is 9.27. The number of hydrogen-bond acceptors (Lipinski definition) is 3. The van der Waals surface area contributed by atoms with Crippen LogP contribution in [-0.2, 0) is 10.0 Å². The maximum absolute atomic E-state index is 13.6. The number of aryl methyl sites for hydroxylation is 1. The van der Waals surface area contributed by atoms with Gasteiger partial charge in [-0.3, -0.25) is 0 Å². The van der Waals surface area contributed by atoms with E-state index in [1.165, 1.54) is 10.4 Å². The van der Waals surface area contributed by atoms with Crippen LogP contribution in [0.5, 0.6) is 0 Å². The minimum absolute atomic E-state index is 0.0966. The zero-order valence-electron chi connectivity index (χ0n) is 12.5. The lowest BCUT2D eigenvalue weighted by Crippen LogP contribution is -2.33. The van der Waals surface area contributed by atoms with Gasteiger partial charge in [0, 0.05) is 13.1 Å². The summed E-state index contributed by atoms with van der Waals surface area (Å²) in [6.07, 6.45) is 1.71. The summed E-state index contributed by atoms with van der Waals surface area (Å²) in [6, 6.07) is 1.18. The Kier molecular flexibility index (Phi) is 5.53. The molecular formula is C14H23FN2O2S. The first kappa shape index (κ1) is 16.9. The van der Waals surface area contributed by atoms with Crippen LogP contribution >= 0.6 is 0 Å². The van der Waals surface area contributed by atoms with Gasteiger partial charge in [-0.15, -0.1) is 0 Å². The summed E-state index contributed by atoms with van der Waals surface area (Å²) in [6.45, 7) is 7.80. The molecule has 0 atom stereocenters. The molecule has 0 saturated carbocycles. The van der Waals surface area contributed by atoms with Crippen LogP contribution in [0.3, 0.4) is 0 Å². The fourth-order valence-electron chi connectivity index (χ4n) is 2.24. The van der Waals surface area contributed by atoms with Crippen molar-refractivity contribution < 1.29 is 12.8 Å². The summed E-state index contributed by atoms with van der Waals surface area (Å²) < 4.78 is 40.4. The lowest BCUT2D eigenvalue weighted by Gasteiger charge is -2.23. The zero-order chi connectivity index (χ0) is 15.5. The highest BCUT2D eigenvalue weighted by molar-refractivity contribution is 7.89. The smallest absolute Gasteiger partial charge is 0.243 e. The SMILES string of the molecule is CCCCN(CC)S(=O)(=O)c1c(C)cc(F)c(N)c1C. The number of hydrogen-bond donors (Lipinski definition) is 1. The predicted octanol–water partition coefficient (Wildman–Crippen LogP) is 2.84. The molecule has 0 spiro atoms.